The molecule has 1 aromatic carbocycles. The molecule has 0 heterocycles. The topological polar surface area (TPSA) is 98.3 Å². The van der Waals surface area contributed by atoms with Gasteiger partial charge in [-0.05, 0) is 31.2 Å². The van der Waals surface area contributed by atoms with E-state index in [4.69, 9.17) is 0 Å². The van der Waals surface area contributed by atoms with Gasteiger partial charge in [0.05, 0.1) is 4.90 Å². The second-order valence-corrected chi connectivity index (χ2v) is 4.34. The van der Waals surface area contributed by atoms with Crippen molar-refractivity contribution < 1.29 is 47.3 Å². The van der Waals surface area contributed by atoms with Crippen molar-refractivity contribution >= 4 is 21.8 Å². The third-order valence-corrected chi connectivity index (χ3v) is 2.59. The zero-order chi connectivity index (χ0) is 12.2. The molecule has 17 heavy (non-hydrogen) atoms. The van der Waals surface area contributed by atoms with E-state index in [-0.39, 0.29) is 40.5 Å². The Bertz CT molecular complexity index is 472. The van der Waals surface area contributed by atoms with E-state index in [0.29, 0.717) is 12.2 Å². The predicted molar refractivity (Wildman–Crippen MR) is 57.1 cm³/mol. The summed E-state index contributed by atoms with van der Waals surface area (Å²) in [5.74, 6) is 0. The van der Waals surface area contributed by atoms with E-state index in [9.17, 15) is 17.8 Å². The van der Waals surface area contributed by atoms with Crippen LogP contribution in [0.25, 0.3) is 0 Å². The van der Waals surface area contributed by atoms with Gasteiger partial charge in [0.2, 0.25) is 0 Å². The molecule has 0 aliphatic rings. The molecular weight excluding hydrogens is 255 g/mol. The van der Waals surface area contributed by atoms with Crippen LogP contribution in [0, 0.1) is 0 Å². The third kappa shape index (κ3) is 5.51. The number of benzene rings is 1. The Kier molecular flexibility index (Phi) is 6.73. The number of amides is 2. The minimum absolute atomic E-state index is 0. The minimum Gasteiger partial charge on any atom is -0.744 e. The molecule has 8 heteroatoms. The largest absolute Gasteiger partial charge is 1.00 e. The van der Waals surface area contributed by atoms with Gasteiger partial charge < -0.3 is 15.2 Å². The van der Waals surface area contributed by atoms with Crippen LogP contribution in [0.2, 0.25) is 0 Å². The van der Waals surface area contributed by atoms with Gasteiger partial charge in [-0.3, -0.25) is 0 Å². The molecule has 0 unspecified atom stereocenters. The van der Waals surface area contributed by atoms with Gasteiger partial charge in [0.15, 0.2) is 0 Å². The van der Waals surface area contributed by atoms with Gasteiger partial charge in [-0.15, -0.1) is 0 Å². The molecule has 0 saturated carbocycles. The molecule has 2 N–H and O–H groups in total. The van der Waals surface area contributed by atoms with Gasteiger partial charge in [-0.1, -0.05) is 0 Å². The monoisotopic (exact) mass is 266 g/mol. The zero-order valence-electron chi connectivity index (χ0n) is 9.56. The summed E-state index contributed by atoms with van der Waals surface area (Å²) in [7, 11) is -4.44. The number of carbonyl (C=O) groups excluding carboxylic acids is 1. The van der Waals surface area contributed by atoms with Crippen molar-refractivity contribution in [1.29, 1.82) is 0 Å². The van der Waals surface area contributed by atoms with E-state index in [0.717, 1.165) is 12.1 Å². The van der Waals surface area contributed by atoms with Crippen molar-refractivity contribution in [1.82, 2.24) is 5.32 Å². The summed E-state index contributed by atoms with van der Waals surface area (Å²) in [5, 5.41) is 4.98. The van der Waals surface area contributed by atoms with E-state index in [1.54, 1.807) is 6.92 Å². The number of hydrogen-bond donors (Lipinski definition) is 2. The van der Waals surface area contributed by atoms with Crippen molar-refractivity contribution in [3.63, 3.8) is 0 Å². The van der Waals surface area contributed by atoms with Crippen LogP contribution in [-0.2, 0) is 10.1 Å². The van der Waals surface area contributed by atoms with Crippen LogP contribution < -0.4 is 40.2 Å². The summed E-state index contributed by atoms with van der Waals surface area (Å²) in [5.41, 5.74) is 0.415. The number of urea groups is 1. The molecule has 2 amide bonds. The molecule has 6 nitrogen and oxygen atoms in total. The number of carbonyl (C=O) groups is 1. The van der Waals surface area contributed by atoms with Crippen LogP contribution >= 0.6 is 0 Å². The molecule has 0 aliphatic carbocycles. The second-order valence-electron chi connectivity index (χ2n) is 2.96. The summed E-state index contributed by atoms with van der Waals surface area (Å²) in [6.45, 7) is 2.26. The fourth-order valence-corrected chi connectivity index (χ4v) is 1.51. The standard InChI is InChI=1S/C9H12N2O4S.Na/c1-2-10-9(12)11-7-3-5-8(6-4-7)16(13,14)15;/h3-6H,2H2,1H3,(H2,10,11,12)(H,13,14,15);/q;+1/p-1. The van der Waals surface area contributed by atoms with E-state index in [1.807, 2.05) is 0 Å². The number of nitrogens with one attached hydrogen (secondary N) is 2. The molecule has 1 aromatic rings. The Morgan fingerprint density at radius 3 is 2.24 bits per heavy atom. The summed E-state index contributed by atoms with van der Waals surface area (Å²) < 4.78 is 31.8. The van der Waals surface area contributed by atoms with Crippen molar-refractivity contribution in [3.05, 3.63) is 24.3 Å². The molecule has 0 aliphatic heterocycles. The maximum Gasteiger partial charge on any atom is 1.00 e. The normalized spacial score (nSPS) is 10.2. The summed E-state index contributed by atoms with van der Waals surface area (Å²) >= 11 is 0. The third-order valence-electron chi connectivity index (χ3n) is 1.74. The molecule has 0 aromatic heterocycles. The Morgan fingerprint density at radius 2 is 1.82 bits per heavy atom. The van der Waals surface area contributed by atoms with Gasteiger partial charge in [0, 0.05) is 12.2 Å². The Morgan fingerprint density at radius 1 is 1.29 bits per heavy atom. The zero-order valence-corrected chi connectivity index (χ0v) is 12.4. The van der Waals surface area contributed by atoms with E-state index >= 15 is 0 Å². The fourth-order valence-electron chi connectivity index (χ4n) is 1.04. The summed E-state index contributed by atoms with van der Waals surface area (Å²) in [6.07, 6.45) is 0. The molecule has 1 rings (SSSR count). The quantitative estimate of drug-likeness (QED) is 0.476. The van der Waals surface area contributed by atoms with Crippen molar-refractivity contribution in [3.8, 4) is 0 Å². The Labute approximate surface area is 122 Å². The smallest absolute Gasteiger partial charge is 0.744 e. The van der Waals surface area contributed by atoms with E-state index in [2.05, 4.69) is 10.6 Å². The van der Waals surface area contributed by atoms with Crippen LogP contribution in [0.15, 0.2) is 29.2 Å². The van der Waals surface area contributed by atoms with E-state index < -0.39 is 10.1 Å². The first-order valence-electron chi connectivity index (χ1n) is 4.54. The number of anilines is 1. The van der Waals surface area contributed by atoms with Crippen LogP contribution in [0.5, 0.6) is 0 Å². The van der Waals surface area contributed by atoms with Gasteiger partial charge in [-0.2, -0.15) is 0 Å². The Hall–Kier alpha value is -0.600. The summed E-state index contributed by atoms with van der Waals surface area (Å²) in [6, 6.07) is 4.59. The van der Waals surface area contributed by atoms with Crippen molar-refractivity contribution in [2.75, 3.05) is 11.9 Å². The number of rotatable bonds is 3. The van der Waals surface area contributed by atoms with Crippen LogP contribution in [0.1, 0.15) is 6.92 Å². The predicted octanol–water partition coefficient (Wildman–Crippen LogP) is -2.26. The van der Waals surface area contributed by atoms with Crippen molar-refractivity contribution in [2.24, 2.45) is 0 Å². The fraction of sp³-hybridized carbons (Fsp3) is 0.222. The molecule has 0 spiro atoms. The average Bonchev–Trinajstić information content (AvgIpc) is 2.17. The summed E-state index contributed by atoms with van der Waals surface area (Å²) in [4.78, 5) is 10.8. The van der Waals surface area contributed by atoms with Crippen LogP contribution in [0.4, 0.5) is 10.5 Å². The molecule has 0 bridgehead atoms. The van der Waals surface area contributed by atoms with Gasteiger partial charge in [0.1, 0.15) is 10.1 Å². The molecule has 0 saturated heterocycles. The number of hydrogen-bond acceptors (Lipinski definition) is 4. The van der Waals surface area contributed by atoms with Crippen LogP contribution in [-0.4, -0.2) is 25.5 Å². The Balaban J connectivity index is 0.00000256. The molecule has 0 fully saturated rings. The average molecular weight is 266 g/mol. The molecule has 0 radical (unpaired) electrons. The molecular formula is C9H11N2NaO4S. The van der Waals surface area contributed by atoms with Gasteiger partial charge >= 0.3 is 35.6 Å². The first-order chi connectivity index (χ1) is 7.43. The maximum atomic E-state index is 11.1. The maximum absolute atomic E-state index is 11.1. The molecule has 0 atom stereocenters. The van der Waals surface area contributed by atoms with Crippen LogP contribution in [0.3, 0.4) is 0 Å². The SMILES string of the molecule is CCNC(=O)Nc1ccc(S(=O)(=O)[O-])cc1.[Na+]. The van der Waals surface area contributed by atoms with Gasteiger partial charge in [0.25, 0.3) is 0 Å². The second kappa shape index (κ2) is 6.97. The van der Waals surface area contributed by atoms with E-state index in [1.165, 1.54) is 12.1 Å². The minimum atomic E-state index is -4.44. The first kappa shape index (κ1) is 16.4. The van der Waals surface area contributed by atoms with Crippen molar-refractivity contribution in [2.45, 2.75) is 11.8 Å². The van der Waals surface area contributed by atoms with Gasteiger partial charge in [-0.25, -0.2) is 13.2 Å². The first-order valence-corrected chi connectivity index (χ1v) is 5.95. The molecule has 88 valence electrons.